The lowest BCUT2D eigenvalue weighted by atomic mass is 10.2. The summed E-state index contributed by atoms with van der Waals surface area (Å²) < 4.78 is 26.0. The molecule has 1 aromatic heterocycles. The average Bonchev–Trinajstić information content (AvgIpc) is 2.98. The van der Waals surface area contributed by atoms with Gasteiger partial charge in [0.25, 0.3) is 11.6 Å². The van der Waals surface area contributed by atoms with Crippen molar-refractivity contribution >= 4 is 43.0 Å². The lowest BCUT2D eigenvalue weighted by Crippen LogP contribution is -2.16. The van der Waals surface area contributed by atoms with Gasteiger partial charge in [0.15, 0.2) is 14.6 Å². The molecule has 2 aromatic carbocycles. The summed E-state index contributed by atoms with van der Waals surface area (Å²) in [6.45, 7) is 4.06. The molecular formula is C18H15N3O5S2. The number of benzene rings is 2. The summed E-state index contributed by atoms with van der Waals surface area (Å²) >= 11 is 1.16. The fourth-order valence-corrected chi connectivity index (χ4v) is 4.38. The normalized spacial score (nSPS) is 12.2. The number of nitro benzene ring substituents is 1. The van der Waals surface area contributed by atoms with Gasteiger partial charge in [-0.25, -0.2) is 8.42 Å². The van der Waals surface area contributed by atoms with Crippen LogP contribution in [-0.2, 0) is 16.4 Å². The number of fused-ring (bicyclic) bond motifs is 1. The largest absolute Gasteiger partial charge is 0.312 e. The number of carbonyl (C=O) groups excluding carboxylic acids is 1. The molecule has 3 rings (SSSR count). The number of non-ortho nitro benzene ring substituents is 1. The number of carbonyl (C=O) groups is 1. The van der Waals surface area contributed by atoms with Gasteiger partial charge in [0.05, 0.1) is 20.0 Å². The van der Waals surface area contributed by atoms with Crippen LogP contribution >= 0.6 is 11.3 Å². The van der Waals surface area contributed by atoms with Gasteiger partial charge in [-0.2, -0.15) is 4.99 Å². The van der Waals surface area contributed by atoms with Crippen LogP contribution in [0, 0.1) is 10.1 Å². The van der Waals surface area contributed by atoms with Gasteiger partial charge in [0.1, 0.15) is 0 Å². The maximum absolute atomic E-state index is 12.5. The predicted molar refractivity (Wildman–Crippen MR) is 106 cm³/mol. The van der Waals surface area contributed by atoms with Gasteiger partial charge >= 0.3 is 0 Å². The van der Waals surface area contributed by atoms with Crippen LogP contribution in [0.15, 0.2) is 65.0 Å². The number of sulfone groups is 1. The van der Waals surface area contributed by atoms with E-state index in [0.29, 0.717) is 21.6 Å². The van der Waals surface area contributed by atoms with Crippen molar-refractivity contribution in [2.75, 3.05) is 6.26 Å². The third-order valence-electron chi connectivity index (χ3n) is 3.90. The van der Waals surface area contributed by atoms with E-state index in [4.69, 9.17) is 0 Å². The second kappa shape index (κ2) is 7.49. The molecule has 144 valence electrons. The first-order valence-electron chi connectivity index (χ1n) is 7.98. The standard InChI is InChI=1S/C18H15N3O5S2/c1-3-9-20-15-8-7-14(28(2,25)26)11-16(15)27-18(20)19-17(22)12-5-4-6-13(10-12)21(23)24/h3-8,10-11H,1,9H2,2H3. The van der Waals surface area contributed by atoms with Crippen molar-refractivity contribution in [3.8, 4) is 0 Å². The van der Waals surface area contributed by atoms with E-state index >= 15 is 0 Å². The Balaban J connectivity index is 2.16. The molecule has 0 bridgehead atoms. The third-order valence-corrected chi connectivity index (χ3v) is 6.05. The second-order valence-electron chi connectivity index (χ2n) is 5.91. The van der Waals surface area contributed by atoms with E-state index in [-0.39, 0.29) is 16.1 Å². The number of aromatic nitrogens is 1. The van der Waals surface area contributed by atoms with Crippen LogP contribution in [0.25, 0.3) is 10.2 Å². The molecule has 0 unspecified atom stereocenters. The highest BCUT2D eigenvalue weighted by Gasteiger charge is 2.14. The topological polar surface area (TPSA) is 112 Å². The molecule has 0 N–H and O–H groups in total. The van der Waals surface area contributed by atoms with Gasteiger partial charge in [-0.15, -0.1) is 6.58 Å². The van der Waals surface area contributed by atoms with E-state index in [2.05, 4.69) is 11.6 Å². The Bertz CT molecular complexity index is 1290. The Morgan fingerprint density at radius 2 is 2.07 bits per heavy atom. The highest BCUT2D eigenvalue weighted by molar-refractivity contribution is 7.90. The average molecular weight is 417 g/mol. The maximum atomic E-state index is 12.5. The molecule has 3 aromatic rings. The van der Waals surface area contributed by atoms with Crippen molar-refractivity contribution in [3.63, 3.8) is 0 Å². The summed E-state index contributed by atoms with van der Waals surface area (Å²) in [7, 11) is -3.37. The quantitative estimate of drug-likeness (QED) is 0.360. The first kappa shape index (κ1) is 19.6. The highest BCUT2D eigenvalue weighted by Crippen LogP contribution is 2.22. The molecule has 8 nitrogen and oxygen atoms in total. The molecule has 0 fully saturated rings. The number of hydrogen-bond donors (Lipinski definition) is 0. The number of rotatable bonds is 5. The highest BCUT2D eigenvalue weighted by atomic mass is 32.2. The molecule has 0 atom stereocenters. The Labute approximate surface area is 164 Å². The van der Waals surface area contributed by atoms with Crippen molar-refractivity contribution in [1.82, 2.24) is 4.57 Å². The fourth-order valence-electron chi connectivity index (χ4n) is 2.58. The Morgan fingerprint density at radius 1 is 1.32 bits per heavy atom. The summed E-state index contributed by atoms with van der Waals surface area (Å²) in [5, 5.41) is 10.9. The SMILES string of the molecule is C=CCn1c(=NC(=O)c2cccc([N+](=O)[O-])c2)sc2cc(S(C)(=O)=O)ccc21. The van der Waals surface area contributed by atoms with Crippen LogP contribution in [0.5, 0.6) is 0 Å². The van der Waals surface area contributed by atoms with Gasteiger partial charge in [-0.05, 0) is 24.3 Å². The zero-order chi connectivity index (χ0) is 20.5. The smallest absolute Gasteiger partial charge is 0.279 e. The van der Waals surface area contributed by atoms with Crippen LogP contribution in [0.4, 0.5) is 5.69 Å². The van der Waals surface area contributed by atoms with Gasteiger partial charge in [-0.3, -0.25) is 14.9 Å². The van der Waals surface area contributed by atoms with E-state index in [9.17, 15) is 23.3 Å². The number of hydrogen-bond acceptors (Lipinski definition) is 6. The number of nitro groups is 1. The molecule has 1 amide bonds. The predicted octanol–water partition coefficient (Wildman–Crippen LogP) is 2.94. The summed E-state index contributed by atoms with van der Waals surface area (Å²) in [4.78, 5) is 27.5. The molecule has 10 heteroatoms. The van der Waals surface area contributed by atoms with Crippen molar-refractivity contribution in [1.29, 1.82) is 0 Å². The molecule has 0 radical (unpaired) electrons. The van der Waals surface area contributed by atoms with Gasteiger partial charge < -0.3 is 4.57 Å². The van der Waals surface area contributed by atoms with Crippen LogP contribution in [0.2, 0.25) is 0 Å². The van der Waals surface area contributed by atoms with Crippen LogP contribution < -0.4 is 4.80 Å². The van der Waals surface area contributed by atoms with Crippen molar-refractivity contribution in [2.24, 2.45) is 4.99 Å². The summed E-state index contributed by atoms with van der Waals surface area (Å²) in [6, 6.07) is 10.0. The van der Waals surface area contributed by atoms with Crippen molar-refractivity contribution in [3.05, 3.63) is 75.6 Å². The maximum Gasteiger partial charge on any atom is 0.279 e. The Kier molecular flexibility index (Phi) is 5.25. The molecule has 0 spiro atoms. The molecule has 0 aliphatic carbocycles. The molecule has 1 heterocycles. The zero-order valence-electron chi connectivity index (χ0n) is 14.7. The van der Waals surface area contributed by atoms with E-state index in [1.54, 1.807) is 16.7 Å². The number of amides is 1. The Morgan fingerprint density at radius 3 is 2.71 bits per heavy atom. The number of nitrogens with zero attached hydrogens (tertiary/aromatic N) is 3. The third kappa shape index (κ3) is 3.92. The van der Waals surface area contributed by atoms with Gasteiger partial charge in [0, 0.05) is 30.5 Å². The van der Waals surface area contributed by atoms with Crippen LogP contribution in [0.1, 0.15) is 10.4 Å². The monoisotopic (exact) mass is 417 g/mol. The van der Waals surface area contributed by atoms with E-state index in [1.807, 2.05) is 0 Å². The Hall–Kier alpha value is -3.11. The molecule has 0 aliphatic rings. The minimum absolute atomic E-state index is 0.0913. The first-order chi connectivity index (χ1) is 13.2. The molecule has 0 saturated carbocycles. The first-order valence-corrected chi connectivity index (χ1v) is 10.7. The molecule has 0 aliphatic heterocycles. The molecule has 28 heavy (non-hydrogen) atoms. The summed E-state index contributed by atoms with van der Waals surface area (Å²) in [6.07, 6.45) is 2.75. The lowest BCUT2D eigenvalue weighted by Gasteiger charge is -2.02. The van der Waals surface area contributed by atoms with Crippen molar-refractivity contribution in [2.45, 2.75) is 11.4 Å². The number of thiazole rings is 1. The fraction of sp³-hybridized carbons (Fsp3) is 0.111. The molecular weight excluding hydrogens is 402 g/mol. The van der Waals surface area contributed by atoms with Gasteiger partial charge in [0.2, 0.25) is 0 Å². The van der Waals surface area contributed by atoms with Crippen molar-refractivity contribution < 1.29 is 18.1 Å². The minimum atomic E-state index is -3.37. The summed E-state index contributed by atoms with van der Waals surface area (Å²) in [5.41, 5.74) is 0.602. The van der Waals surface area contributed by atoms with Crippen LogP contribution in [0.3, 0.4) is 0 Å². The van der Waals surface area contributed by atoms with Gasteiger partial charge in [-0.1, -0.05) is 23.5 Å². The lowest BCUT2D eigenvalue weighted by molar-refractivity contribution is -0.384. The second-order valence-corrected chi connectivity index (χ2v) is 8.93. The van der Waals surface area contributed by atoms with Crippen LogP contribution in [-0.4, -0.2) is 30.1 Å². The van der Waals surface area contributed by atoms with E-state index < -0.39 is 20.7 Å². The van der Waals surface area contributed by atoms with E-state index in [1.165, 1.54) is 36.4 Å². The minimum Gasteiger partial charge on any atom is -0.312 e. The van der Waals surface area contributed by atoms with E-state index in [0.717, 1.165) is 17.6 Å². The molecule has 0 saturated heterocycles. The summed E-state index contributed by atoms with van der Waals surface area (Å²) in [5.74, 6) is -0.628. The zero-order valence-corrected chi connectivity index (χ0v) is 16.4. The number of allylic oxidation sites excluding steroid dienone is 1.